The number of fused-ring (bicyclic) bond motifs is 1. The topological polar surface area (TPSA) is 56.6 Å². The fraction of sp³-hybridized carbons (Fsp3) is 0.500. The fourth-order valence-electron chi connectivity index (χ4n) is 2.90. The van der Waals surface area contributed by atoms with Crippen molar-refractivity contribution in [1.82, 2.24) is 14.5 Å². The molecule has 0 amide bonds. The number of para-hydroxylation sites is 1. The highest BCUT2D eigenvalue weighted by molar-refractivity contribution is 5.83. The van der Waals surface area contributed by atoms with E-state index < -0.39 is 0 Å². The van der Waals surface area contributed by atoms with E-state index in [2.05, 4.69) is 16.9 Å². The van der Waals surface area contributed by atoms with Crippen LogP contribution in [-0.2, 0) is 11.3 Å². The number of rotatable bonds is 3. The highest BCUT2D eigenvalue weighted by Crippen LogP contribution is 2.20. The van der Waals surface area contributed by atoms with E-state index >= 15 is 0 Å². The van der Waals surface area contributed by atoms with Gasteiger partial charge >= 0.3 is 0 Å². The number of nitrogens with zero attached hydrogens (tertiary/aromatic N) is 3. The zero-order valence-electron chi connectivity index (χ0n) is 13.0. The second-order valence-corrected chi connectivity index (χ2v) is 5.76. The molecule has 1 aliphatic rings. The maximum absolute atomic E-state index is 12.7. The molecule has 0 bridgehead atoms. The Hall–Kier alpha value is -1.92. The molecule has 2 aromatic rings. The third-order valence-corrected chi connectivity index (χ3v) is 4.03. The molecule has 1 unspecified atom stereocenters. The maximum Gasteiger partial charge on any atom is 0.261 e. The van der Waals surface area contributed by atoms with E-state index in [1.165, 1.54) is 0 Å². The van der Waals surface area contributed by atoms with Crippen LogP contribution < -0.4 is 10.3 Å². The summed E-state index contributed by atoms with van der Waals surface area (Å²) in [6, 6.07) is 5.42. The van der Waals surface area contributed by atoms with Crippen LogP contribution in [0.3, 0.4) is 0 Å². The highest BCUT2D eigenvalue weighted by Gasteiger charge is 2.18. The lowest BCUT2D eigenvalue weighted by Crippen LogP contribution is -2.32. The molecule has 0 aliphatic carbocycles. The molecule has 2 heterocycles. The van der Waals surface area contributed by atoms with Gasteiger partial charge < -0.3 is 14.4 Å². The normalized spacial score (nSPS) is 20.0. The van der Waals surface area contributed by atoms with Crippen molar-refractivity contribution in [2.24, 2.45) is 5.92 Å². The van der Waals surface area contributed by atoms with Crippen LogP contribution >= 0.6 is 0 Å². The van der Waals surface area contributed by atoms with Crippen LogP contribution in [-0.4, -0.2) is 54.9 Å². The van der Waals surface area contributed by atoms with Gasteiger partial charge in [-0.05, 0) is 19.2 Å². The zero-order chi connectivity index (χ0) is 15.5. The summed E-state index contributed by atoms with van der Waals surface area (Å²) in [5, 5.41) is 0.588. The minimum Gasteiger partial charge on any atom is -0.494 e. The second-order valence-electron chi connectivity index (χ2n) is 5.76. The van der Waals surface area contributed by atoms with Crippen molar-refractivity contribution in [3.63, 3.8) is 0 Å². The number of hydrogen-bond acceptors (Lipinski definition) is 5. The average molecular weight is 303 g/mol. The van der Waals surface area contributed by atoms with Crippen molar-refractivity contribution in [3.8, 4) is 5.75 Å². The Morgan fingerprint density at radius 1 is 1.45 bits per heavy atom. The van der Waals surface area contributed by atoms with Crippen molar-refractivity contribution in [3.05, 3.63) is 34.9 Å². The molecule has 0 radical (unpaired) electrons. The standard InChI is InChI=1S/C16H21N3O3/c1-18-6-7-22-10-12(8-18)9-19-11-17-15-13(16(19)20)4-3-5-14(15)21-2/h3-5,11-12H,6-10H2,1-2H3. The quantitative estimate of drug-likeness (QED) is 0.846. The van der Waals surface area contributed by atoms with Crippen LogP contribution in [0.4, 0.5) is 0 Å². The first-order valence-corrected chi connectivity index (χ1v) is 7.47. The fourth-order valence-corrected chi connectivity index (χ4v) is 2.90. The van der Waals surface area contributed by atoms with E-state index in [0.717, 1.165) is 19.7 Å². The van der Waals surface area contributed by atoms with Gasteiger partial charge in [-0.3, -0.25) is 9.36 Å². The predicted octanol–water partition coefficient (Wildman–Crippen LogP) is 0.983. The minimum absolute atomic E-state index is 0.0317. The highest BCUT2D eigenvalue weighted by atomic mass is 16.5. The number of ether oxygens (including phenoxy) is 2. The first-order valence-electron chi connectivity index (χ1n) is 7.47. The van der Waals surface area contributed by atoms with Gasteiger partial charge in [0.05, 0.1) is 32.0 Å². The summed E-state index contributed by atoms with van der Waals surface area (Å²) in [7, 11) is 3.66. The van der Waals surface area contributed by atoms with Gasteiger partial charge in [0, 0.05) is 25.6 Å². The molecule has 6 nitrogen and oxygen atoms in total. The molecular formula is C16H21N3O3. The number of benzene rings is 1. The van der Waals surface area contributed by atoms with E-state index in [4.69, 9.17) is 9.47 Å². The van der Waals surface area contributed by atoms with E-state index in [1.54, 1.807) is 24.1 Å². The summed E-state index contributed by atoms with van der Waals surface area (Å²) in [6.07, 6.45) is 1.61. The van der Waals surface area contributed by atoms with Gasteiger partial charge in [-0.1, -0.05) is 6.07 Å². The predicted molar refractivity (Wildman–Crippen MR) is 84.4 cm³/mol. The Labute approximate surface area is 129 Å². The van der Waals surface area contributed by atoms with E-state index in [9.17, 15) is 4.79 Å². The minimum atomic E-state index is -0.0317. The molecule has 118 valence electrons. The Kier molecular flexibility index (Phi) is 4.40. The Morgan fingerprint density at radius 3 is 3.14 bits per heavy atom. The van der Waals surface area contributed by atoms with Crippen molar-refractivity contribution in [2.75, 3.05) is 40.5 Å². The summed E-state index contributed by atoms with van der Waals surface area (Å²) >= 11 is 0. The van der Waals surface area contributed by atoms with Gasteiger partial charge in [0.2, 0.25) is 0 Å². The smallest absolute Gasteiger partial charge is 0.261 e. The molecule has 0 saturated carbocycles. The maximum atomic E-state index is 12.7. The summed E-state index contributed by atoms with van der Waals surface area (Å²) in [6.45, 7) is 3.88. The lowest BCUT2D eigenvalue weighted by Gasteiger charge is -2.19. The molecule has 1 saturated heterocycles. The SMILES string of the molecule is COc1cccc2c(=O)n(CC3COCCN(C)C3)cnc12. The van der Waals surface area contributed by atoms with Crippen LogP contribution in [0.25, 0.3) is 10.9 Å². The largest absolute Gasteiger partial charge is 0.494 e. The third-order valence-electron chi connectivity index (χ3n) is 4.03. The van der Waals surface area contributed by atoms with Gasteiger partial charge in [0.1, 0.15) is 11.3 Å². The lowest BCUT2D eigenvalue weighted by molar-refractivity contribution is 0.117. The zero-order valence-corrected chi connectivity index (χ0v) is 13.0. The average Bonchev–Trinajstić information content (AvgIpc) is 2.73. The molecule has 6 heteroatoms. The van der Waals surface area contributed by atoms with Crippen molar-refractivity contribution in [2.45, 2.75) is 6.54 Å². The first-order chi connectivity index (χ1) is 10.7. The summed E-state index contributed by atoms with van der Waals surface area (Å²) < 4.78 is 12.6. The van der Waals surface area contributed by atoms with Crippen molar-refractivity contribution in [1.29, 1.82) is 0 Å². The molecule has 3 rings (SSSR count). The Bertz CT molecular complexity index is 713. The third kappa shape index (κ3) is 2.98. The van der Waals surface area contributed by atoms with E-state index in [0.29, 0.717) is 29.8 Å². The molecule has 1 aromatic heterocycles. The van der Waals surface area contributed by atoms with Crippen LogP contribution in [0.15, 0.2) is 29.3 Å². The van der Waals surface area contributed by atoms with Crippen LogP contribution in [0.5, 0.6) is 5.75 Å². The van der Waals surface area contributed by atoms with Crippen LogP contribution in [0.1, 0.15) is 0 Å². The molecular weight excluding hydrogens is 282 g/mol. The Morgan fingerprint density at radius 2 is 2.32 bits per heavy atom. The summed E-state index contributed by atoms with van der Waals surface area (Å²) in [5.74, 6) is 0.911. The molecule has 1 aliphatic heterocycles. The molecule has 1 aromatic carbocycles. The van der Waals surface area contributed by atoms with Crippen molar-refractivity contribution < 1.29 is 9.47 Å². The van der Waals surface area contributed by atoms with Crippen molar-refractivity contribution >= 4 is 10.9 Å². The molecule has 1 fully saturated rings. The molecule has 1 atom stereocenters. The number of hydrogen-bond donors (Lipinski definition) is 0. The van der Waals surface area contributed by atoms with Gasteiger partial charge in [-0.2, -0.15) is 0 Å². The van der Waals surface area contributed by atoms with Gasteiger partial charge in [-0.25, -0.2) is 4.98 Å². The van der Waals surface area contributed by atoms with E-state index in [-0.39, 0.29) is 11.5 Å². The first kappa shape index (κ1) is 15.0. The number of likely N-dealkylation sites (N-methyl/N-ethyl adjacent to an activating group) is 1. The van der Waals surface area contributed by atoms with E-state index in [1.807, 2.05) is 12.1 Å². The monoisotopic (exact) mass is 303 g/mol. The van der Waals surface area contributed by atoms with Crippen LogP contribution in [0.2, 0.25) is 0 Å². The number of methoxy groups -OCH3 is 1. The molecule has 22 heavy (non-hydrogen) atoms. The molecule has 0 spiro atoms. The lowest BCUT2D eigenvalue weighted by atomic mass is 10.1. The molecule has 0 N–H and O–H groups in total. The van der Waals surface area contributed by atoms with Gasteiger partial charge in [0.25, 0.3) is 5.56 Å². The second kappa shape index (κ2) is 6.46. The summed E-state index contributed by atoms with van der Waals surface area (Å²) in [5.41, 5.74) is 0.580. The Balaban J connectivity index is 1.91. The van der Waals surface area contributed by atoms with Gasteiger partial charge in [-0.15, -0.1) is 0 Å². The van der Waals surface area contributed by atoms with Crippen LogP contribution in [0, 0.1) is 5.92 Å². The summed E-state index contributed by atoms with van der Waals surface area (Å²) in [4.78, 5) is 19.3. The van der Waals surface area contributed by atoms with Gasteiger partial charge in [0.15, 0.2) is 0 Å². The number of aromatic nitrogens is 2.